The number of esters is 1. The fourth-order valence-corrected chi connectivity index (χ4v) is 3.45. The normalized spacial score (nSPS) is 12.4. The lowest BCUT2D eigenvalue weighted by atomic mass is 10.2. The van der Waals surface area contributed by atoms with Crippen molar-refractivity contribution in [1.82, 2.24) is 10.0 Å². The van der Waals surface area contributed by atoms with Gasteiger partial charge in [0.05, 0.1) is 24.6 Å². The van der Waals surface area contributed by atoms with Crippen molar-refractivity contribution in [1.29, 1.82) is 0 Å². The number of carbonyl (C=O) groups is 2. The maximum Gasteiger partial charge on any atom is 0.341 e. The SMILES string of the molecule is COC(=O)c1cc(CNC(=O)[C@H](C)NS(=O)(=O)c2ccccc2)oc1C. The van der Waals surface area contributed by atoms with Crippen molar-refractivity contribution in [3.05, 3.63) is 53.5 Å². The van der Waals surface area contributed by atoms with E-state index in [1.165, 1.54) is 32.2 Å². The first kappa shape index (κ1) is 19.7. The molecule has 9 heteroatoms. The molecule has 0 radical (unpaired) electrons. The third kappa shape index (κ3) is 4.70. The minimum Gasteiger partial charge on any atom is -0.465 e. The molecule has 1 atom stereocenters. The highest BCUT2D eigenvalue weighted by Gasteiger charge is 2.22. The van der Waals surface area contributed by atoms with Gasteiger partial charge < -0.3 is 14.5 Å². The molecule has 0 spiro atoms. The zero-order valence-electron chi connectivity index (χ0n) is 14.6. The van der Waals surface area contributed by atoms with Gasteiger partial charge in [-0.05, 0) is 32.0 Å². The standard InChI is InChI=1S/C17H20N2O6S/c1-11(19-26(22,23)14-7-5-4-6-8-14)16(20)18-10-13-9-15(12(2)25-13)17(21)24-3/h4-9,11,19H,10H2,1-3H3,(H,18,20)/t11-/m0/s1. The summed E-state index contributed by atoms with van der Waals surface area (Å²) in [6.07, 6.45) is 0. The zero-order valence-corrected chi connectivity index (χ0v) is 15.4. The van der Waals surface area contributed by atoms with E-state index in [4.69, 9.17) is 4.42 Å². The summed E-state index contributed by atoms with van der Waals surface area (Å²) >= 11 is 0. The van der Waals surface area contributed by atoms with Crippen LogP contribution in [0.4, 0.5) is 0 Å². The van der Waals surface area contributed by atoms with Crippen molar-refractivity contribution in [3.8, 4) is 0 Å². The number of carbonyl (C=O) groups excluding carboxylic acids is 2. The summed E-state index contributed by atoms with van der Waals surface area (Å²) in [7, 11) is -2.54. The van der Waals surface area contributed by atoms with Crippen molar-refractivity contribution in [2.75, 3.05) is 7.11 Å². The maximum absolute atomic E-state index is 12.2. The smallest absolute Gasteiger partial charge is 0.341 e. The maximum atomic E-state index is 12.2. The predicted octanol–water partition coefficient (Wildman–Crippen LogP) is 1.36. The fraction of sp³-hybridized carbons (Fsp3) is 0.294. The second-order valence-corrected chi connectivity index (χ2v) is 7.26. The zero-order chi connectivity index (χ0) is 19.3. The van der Waals surface area contributed by atoms with Crippen LogP contribution in [-0.2, 0) is 26.1 Å². The highest BCUT2D eigenvalue weighted by atomic mass is 32.2. The van der Waals surface area contributed by atoms with E-state index < -0.39 is 27.9 Å². The van der Waals surface area contributed by atoms with Gasteiger partial charge in [-0.25, -0.2) is 13.2 Å². The third-order valence-electron chi connectivity index (χ3n) is 3.59. The third-order valence-corrected chi connectivity index (χ3v) is 5.15. The molecule has 1 aromatic heterocycles. The highest BCUT2D eigenvalue weighted by Crippen LogP contribution is 2.15. The number of benzene rings is 1. The number of methoxy groups -OCH3 is 1. The molecule has 0 aliphatic carbocycles. The highest BCUT2D eigenvalue weighted by molar-refractivity contribution is 7.89. The average Bonchev–Trinajstić information content (AvgIpc) is 3.00. The van der Waals surface area contributed by atoms with Gasteiger partial charge in [-0.3, -0.25) is 4.79 Å². The summed E-state index contributed by atoms with van der Waals surface area (Å²) in [6.45, 7) is 3.05. The van der Waals surface area contributed by atoms with E-state index in [0.717, 1.165) is 0 Å². The van der Waals surface area contributed by atoms with Gasteiger partial charge in [0, 0.05) is 0 Å². The summed E-state index contributed by atoms with van der Waals surface area (Å²) in [5, 5.41) is 2.56. The molecule has 26 heavy (non-hydrogen) atoms. The van der Waals surface area contributed by atoms with Crippen LogP contribution in [0.1, 0.15) is 28.8 Å². The number of nitrogens with one attached hydrogen (secondary N) is 2. The van der Waals surface area contributed by atoms with Crippen LogP contribution in [0.3, 0.4) is 0 Å². The minimum atomic E-state index is -3.80. The fourth-order valence-electron chi connectivity index (χ4n) is 2.22. The first-order valence-electron chi connectivity index (χ1n) is 7.77. The van der Waals surface area contributed by atoms with Gasteiger partial charge in [0.2, 0.25) is 15.9 Å². The van der Waals surface area contributed by atoms with Crippen LogP contribution in [0.2, 0.25) is 0 Å². The molecular weight excluding hydrogens is 360 g/mol. The molecule has 140 valence electrons. The van der Waals surface area contributed by atoms with E-state index in [0.29, 0.717) is 11.5 Å². The second-order valence-electron chi connectivity index (χ2n) is 5.55. The Kier molecular flexibility index (Phi) is 6.17. The van der Waals surface area contributed by atoms with Crippen LogP contribution in [0.5, 0.6) is 0 Å². The van der Waals surface area contributed by atoms with E-state index in [2.05, 4.69) is 14.8 Å². The number of amides is 1. The first-order valence-corrected chi connectivity index (χ1v) is 9.25. The molecule has 1 amide bonds. The van der Waals surface area contributed by atoms with Gasteiger partial charge in [-0.2, -0.15) is 4.72 Å². The van der Waals surface area contributed by atoms with Gasteiger partial charge in [0.15, 0.2) is 0 Å². The number of aryl methyl sites for hydroxylation is 1. The number of furan rings is 1. The van der Waals surface area contributed by atoms with E-state index in [1.54, 1.807) is 25.1 Å². The minimum absolute atomic E-state index is 0.00801. The molecule has 0 saturated heterocycles. The van der Waals surface area contributed by atoms with Crippen LogP contribution < -0.4 is 10.0 Å². The Hall–Kier alpha value is -2.65. The molecule has 2 rings (SSSR count). The van der Waals surface area contributed by atoms with Crippen molar-refractivity contribution < 1.29 is 27.2 Å². The first-order chi connectivity index (χ1) is 12.2. The largest absolute Gasteiger partial charge is 0.465 e. The van der Waals surface area contributed by atoms with E-state index >= 15 is 0 Å². The number of hydrogen-bond donors (Lipinski definition) is 2. The number of sulfonamides is 1. The molecule has 1 heterocycles. The summed E-state index contributed by atoms with van der Waals surface area (Å²) < 4.78 is 36.8. The summed E-state index contributed by atoms with van der Waals surface area (Å²) in [5.74, 6) is -0.334. The molecule has 2 aromatic rings. The number of ether oxygens (including phenoxy) is 1. The van der Waals surface area contributed by atoms with Crippen LogP contribution >= 0.6 is 0 Å². The van der Waals surface area contributed by atoms with Crippen molar-refractivity contribution in [2.24, 2.45) is 0 Å². The summed E-state index contributed by atoms with van der Waals surface area (Å²) in [6, 6.07) is 8.24. The Bertz CT molecular complexity index is 889. The van der Waals surface area contributed by atoms with E-state index in [9.17, 15) is 18.0 Å². The monoisotopic (exact) mass is 380 g/mol. The molecule has 1 aromatic carbocycles. The van der Waals surface area contributed by atoms with Gasteiger partial charge in [0.1, 0.15) is 17.1 Å². The summed E-state index contributed by atoms with van der Waals surface area (Å²) in [4.78, 5) is 23.7. The molecule has 8 nitrogen and oxygen atoms in total. The Morgan fingerprint density at radius 3 is 2.50 bits per heavy atom. The lowest BCUT2D eigenvalue weighted by molar-refractivity contribution is -0.122. The Morgan fingerprint density at radius 1 is 1.23 bits per heavy atom. The van der Waals surface area contributed by atoms with Crippen LogP contribution in [0, 0.1) is 6.92 Å². The van der Waals surface area contributed by atoms with Gasteiger partial charge in [-0.15, -0.1) is 0 Å². The van der Waals surface area contributed by atoms with Crippen molar-refractivity contribution >= 4 is 21.9 Å². The van der Waals surface area contributed by atoms with E-state index in [1.807, 2.05) is 0 Å². The molecule has 0 unspecified atom stereocenters. The molecule has 0 bridgehead atoms. The number of hydrogen-bond acceptors (Lipinski definition) is 6. The Morgan fingerprint density at radius 2 is 1.88 bits per heavy atom. The quantitative estimate of drug-likeness (QED) is 0.701. The molecule has 2 N–H and O–H groups in total. The summed E-state index contributed by atoms with van der Waals surface area (Å²) in [5.41, 5.74) is 0.273. The molecule has 0 saturated carbocycles. The number of rotatable bonds is 7. The lowest BCUT2D eigenvalue weighted by Crippen LogP contribution is -2.44. The average molecular weight is 380 g/mol. The van der Waals surface area contributed by atoms with Gasteiger partial charge in [-0.1, -0.05) is 18.2 Å². The molecule has 0 aliphatic rings. The lowest BCUT2D eigenvalue weighted by Gasteiger charge is -2.14. The molecule has 0 aliphatic heterocycles. The van der Waals surface area contributed by atoms with Crippen LogP contribution in [0.15, 0.2) is 45.7 Å². The van der Waals surface area contributed by atoms with Crippen molar-refractivity contribution in [2.45, 2.75) is 31.3 Å². The molecular formula is C17H20N2O6S. The van der Waals surface area contributed by atoms with Crippen LogP contribution in [0.25, 0.3) is 0 Å². The van der Waals surface area contributed by atoms with Crippen molar-refractivity contribution in [3.63, 3.8) is 0 Å². The Labute approximate surface area is 151 Å². The topological polar surface area (TPSA) is 115 Å². The van der Waals surface area contributed by atoms with Crippen LogP contribution in [-0.4, -0.2) is 33.4 Å². The second kappa shape index (κ2) is 8.15. The van der Waals surface area contributed by atoms with E-state index in [-0.39, 0.29) is 17.0 Å². The Balaban J connectivity index is 1.97. The predicted molar refractivity (Wildman–Crippen MR) is 92.9 cm³/mol. The molecule has 0 fully saturated rings. The van der Waals surface area contributed by atoms with Gasteiger partial charge >= 0.3 is 5.97 Å². The van der Waals surface area contributed by atoms with Gasteiger partial charge in [0.25, 0.3) is 0 Å².